The van der Waals surface area contributed by atoms with Crippen molar-refractivity contribution in [3.8, 4) is 5.75 Å². The number of hydrogen-bond donors (Lipinski definition) is 2. The molecule has 0 radical (unpaired) electrons. The first-order valence-corrected chi connectivity index (χ1v) is 9.32. The summed E-state index contributed by atoms with van der Waals surface area (Å²) < 4.78 is 5.62. The Morgan fingerprint density at radius 3 is 2.80 bits per heavy atom. The van der Waals surface area contributed by atoms with E-state index in [0.717, 1.165) is 36.1 Å². The number of anilines is 1. The Morgan fingerprint density at radius 2 is 2.08 bits per heavy atom. The second kappa shape index (κ2) is 7.45. The number of thiophene rings is 1. The van der Waals surface area contributed by atoms with Gasteiger partial charge in [0.15, 0.2) is 6.10 Å². The van der Waals surface area contributed by atoms with Crippen LogP contribution in [0.15, 0.2) is 24.3 Å². The van der Waals surface area contributed by atoms with Crippen LogP contribution < -0.4 is 15.8 Å². The SMILES string of the molecule is C[C@@H](Oc1cccc(Cl)c1)C(=O)Nc1sc2c(c1C(N)=O)CCCC2. The van der Waals surface area contributed by atoms with Gasteiger partial charge in [0.2, 0.25) is 0 Å². The first kappa shape index (κ1) is 17.8. The molecule has 0 saturated carbocycles. The van der Waals surface area contributed by atoms with Crippen molar-refractivity contribution in [2.75, 3.05) is 5.32 Å². The third-order valence-electron chi connectivity index (χ3n) is 4.13. The Hall–Kier alpha value is -2.05. The summed E-state index contributed by atoms with van der Waals surface area (Å²) in [6.07, 6.45) is 3.14. The molecule has 0 aliphatic heterocycles. The Bertz CT molecular complexity index is 819. The molecule has 1 aliphatic rings. The zero-order valence-corrected chi connectivity index (χ0v) is 15.4. The minimum absolute atomic E-state index is 0.332. The first-order chi connectivity index (χ1) is 12.0. The van der Waals surface area contributed by atoms with E-state index in [1.807, 2.05) is 0 Å². The fraction of sp³-hybridized carbons (Fsp3) is 0.333. The van der Waals surface area contributed by atoms with Crippen LogP contribution in [0.3, 0.4) is 0 Å². The highest BCUT2D eigenvalue weighted by atomic mass is 35.5. The molecule has 0 unspecified atom stereocenters. The van der Waals surface area contributed by atoms with E-state index in [1.54, 1.807) is 31.2 Å². The molecule has 5 nitrogen and oxygen atoms in total. The number of halogens is 1. The highest BCUT2D eigenvalue weighted by molar-refractivity contribution is 7.17. The zero-order chi connectivity index (χ0) is 18.0. The Labute approximate surface area is 155 Å². The van der Waals surface area contributed by atoms with Gasteiger partial charge in [0, 0.05) is 9.90 Å². The minimum Gasteiger partial charge on any atom is -0.481 e. The van der Waals surface area contributed by atoms with Crippen LogP contribution in [0.5, 0.6) is 5.75 Å². The van der Waals surface area contributed by atoms with Crippen molar-refractivity contribution in [3.05, 3.63) is 45.3 Å². The molecule has 0 spiro atoms. The van der Waals surface area contributed by atoms with Crippen LogP contribution in [0, 0.1) is 0 Å². The number of rotatable bonds is 5. The van der Waals surface area contributed by atoms with Gasteiger partial charge < -0.3 is 15.8 Å². The number of ether oxygens (including phenoxy) is 1. The van der Waals surface area contributed by atoms with Crippen molar-refractivity contribution in [2.24, 2.45) is 5.73 Å². The molecule has 0 bridgehead atoms. The Morgan fingerprint density at radius 1 is 1.32 bits per heavy atom. The molecule has 1 aliphatic carbocycles. The molecule has 7 heteroatoms. The summed E-state index contributed by atoms with van der Waals surface area (Å²) in [5, 5.41) is 3.86. The minimum atomic E-state index is -0.738. The van der Waals surface area contributed by atoms with Gasteiger partial charge in [-0.15, -0.1) is 11.3 Å². The average molecular weight is 379 g/mol. The third kappa shape index (κ3) is 3.96. The zero-order valence-electron chi connectivity index (χ0n) is 13.8. The summed E-state index contributed by atoms with van der Waals surface area (Å²) in [7, 11) is 0. The molecule has 1 heterocycles. The number of fused-ring (bicyclic) bond motifs is 1. The predicted octanol–water partition coefficient (Wildman–Crippen LogP) is 3.79. The van der Waals surface area contributed by atoms with E-state index in [-0.39, 0.29) is 5.91 Å². The van der Waals surface area contributed by atoms with E-state index in [1.165, 1.54) is 11.3 Å². The lowest BCUT2D eigenvalue weighted by Gasteiger charge is -2.15. The van der Waals surface area contributed by atoms with Gasteiger partial charge in [-0.2, -0.15) is 0 Å². The lowest BCUT2D eigenvalue weighted by Crippen LogP contribution is -2.30. The van der Waals surface area contributed by atoms with Crippen molar-refractivity contribution < 1.29 is 14.3 Å². The summed E-state index contributed by atoms with van der Waals surface area (Å²) in [6, 6.07) is 6.85. The number of amides is 2. The molecular formula is C18H19ClN2O3S. The Kier molecular flexibility index (Phi) is 5.30. The molecule has 1 aromatic heterocycles. The van der Waals surface area contributed by atoms with Crippen molar-refractivity contribution >= 4 is 39.8 Å². The topological polar surface area (TPSA) is 81.4 Å². The maximum absolute atomic E-state index is 12.5. The fourth-order valence-electron chi connectivity index (χ4n) is 2.93. The molecule has 1 atom stereocenters. The number of primary amides is 1. The van der Waals surface area contributed by atoms with Gasteiger partial charge in [-0.05, 0) is 56.4 Å². The second-order valence-electron chi connectivity index (χ2n) is 5.99. The summed E-state index contributed by atoms with van der Waals surface area (Å²) >= 11 is 7.36. The first-order valence-electron chi connectivity index (χ1n) is 8.13. The maximum Gasteiger partial charge on any atom is 0.265 e. The van der Waals surface area contributed by atoms with Gasteiger partial charge in [0.25, 0.3) is 11.8 Å². The molecule has 2 aromatic rings. The Balaban J connectivity index is 1.76. The smallest absolute Gasteiger partial charge is 0.265 e. The van der Waals surface area contributed by atoms with Crippen molar-refractivity contribution in [3.63, 3.8) is 0 Å². The maximum atomic E-state index is 12.5. The normalized spacial score (nSPS) is 14.5. The van der Waals surface area contributed by atoms with Crippen LogP contribution in [0.4, 0.5) is 5.00 Å². The fourth-order valence-corrected chi connectivity index (χ4v) is 4.40. The van der Waals surface area contributed by atoms with Crippen molar-refractivity contribution in [1.82, 2.24) is 0 Å². The van der Waals surface area contributed by atoms with Crippen LogP contribution >= 0.6 is 22.9 Å². The molecular weight excluding hydrogens is 360 g/mol. The van der Waals surface area contributed by atoms with E-state index in [4.69, 9.17) is 22.1 Å². The second-order valence-corrected chi connectivity index (χ2v) is 7.53. The molecule has 3 rings (SSSR count). The van der Waals surface area contributed by atoms with Crippen LogP contribution in [0.2, 0.25) is 5.02 Å². The number of nitrogens with two attached hydrogens (primary N) is 1. The summed E-state index contributed by atoms with van der Waals surface area (Å²) in [4.78, 5) is 25.5. The average Bonchev–Trinajstić information content (AvgIpc) is 2.92. The van der Waals surface area contributed by atoms with Crippen LogP contribution in [-0.4, -0.2) is 17.9 Å². The quantitative estimate of drug-likeness (QED) is 0.830. The standard InChI is InChI=1S/C18H19ClN2O3S/c1-10(24-12-6-4-5-11(19)9-12)17(23)21-18-15(16(20)22)13-7-2-3-8-14(13)25-18/h4-6,9-10H,2-3,7-8H2,1H3,(H2,20,22)(H,21,23)/t10-/m1/s1. The molecule has 2 amide bonds. The molecule has 132 valence electrons. The largest absolute Gasteiger partial charge is 0.481 e. The highest BCUT2D eigenvalue weighted by Crippen LogP contribution is 2.38. The van der Waals surface area contributed by atoms with E-state index < -0.39 is 12.0 Å². The van der Waals surface area contributed by atoms with Gasteiger partial charge in [0.1, 0.15) is 10.8 Å². The van der Waals surface area contributed by atoms with Gasteiger partial charge in [-0.25, -0.2) is 0 Å². The van der Waals surface area contributed by atoms with Crippen LogP contribution in [-0.2, 0) is 17.6 Å². The molecule has 3 N–H and O–H groups in total. The van der Waals surface area contributed by atoms with E-state index in [2.05, 4.69) is 5.32 Å². The summed E-state index contributed by atoms with van der Waals surface area (Å²) in [5.41, 5.74) is 6.98. The number of benzene rings is 1. The van der Waals surface area contributed by atoms with Gasteiger partial charge >= 0.3 is 0 Å². The van der Waals surface area contributed by atoms with Gasteiger partial charge in [-0.3, -0.25) is 9.59 Å². The summed E-state index contributed by atoms with van der Waals surface area (Å²) in [5.74, 6) is -0.324. The highest BCUT2D eigenvalue weighted by Gasteiger charge is 2.26. The molecule has 0 saturated heterocycles. The number of nitrogens with one attached hydrogen (secondary N) is 1. The monoisotopic (exact) mass is 378 g/mol. The van der Waals surface area contributed by atoms with E-state index in [9.17, 15) is 9.59 Å². The molecule has 25 heavy (non-hydrogen) atoms. The van der Waals surface area contributed by atoms with Crippen molar-refractivity contribution in [2.45, 2.75) is 38.7 Å². The van der Waals surface area contributed by atoms with Gasteiger partial charge in [0.05, 0.1) is 5.56 Å². The molecule has 1 aromatic carbocycles. The lowest BCUT2D eigenvalue weighted by atomic mass is 9.95. The number of carbonyl (C=O) groups is 2. The van der Waals surface area contributed by atoms with Crippen LogP contribution in [0.25, 0.3) is 0 Å². The lowest BCUT2D eigenvalue weighted by molar-refractivity contribution is -0.122. The third-order valence-corrected chi connectivity index (χ3v) is 5.57. The number of carbonyl (C=O) groups excluding carboxylic acids is 2. The number of hydrogen-bond acceptors (Lipinski definition) is 4. The predicted molar refractivity (Wildman–Crippen MR) is 99.7 cm³/mol. The number of aryl methyl sites for hydroxylation is 1. The van der Waals surface area contributed by atoms with E-state index in [0.29, 0.717) is 21.3 Å². The van der Waals surface area contributed by atoms with Crippen molar-refractivity contribution in [1.29, 1.82) is 0 Å². The van der Waals surface area contributed by atoms with E-state index >= 15 is 0 Å². The summed E-state index contributed by atoms with van der Waals surface area (Å²) in [6.45, 7) is 1.65. The van der Waals surface area contributed by atoms with Crippen LogP contribution in [0.1, 0.15) is 40.6 Å². The van der Waals surface area contributed by atoms with Gasteiger partial charge in [-0.1, -0.05) is 17.7 Å². The molecule has 0 fully saturated rings.